The normalized spacial score (nSPS) is 11.1. The summed E-state index contributed by atoms with van der Waals surface area (Å²) in [6, 6.07) is 17.1. The lowest BCUT2D eigenvalue weighted by atomic mass is 10.2. The van der Waals surface area contributed by atoms with Gasteiger partial charge in [0.1, 0.15) is 5.75 Å². The fraction of sp³-hybridized carbons (Fsp3) is 0.100. The van der Waals surface area contributed by atoms with Crippen LogP contribution in [0.3, 0.4) is 0 Å². The Kier molecular flexibility index (Phi) is 5.03. The molecule has 0 aliphatic heterocycles. The minimum absolute atomic E-state index is 0.0663. The molecule has 0 spiro atoms. The van der Waals surface area contributed by atoms with Crippen molar-refractivity contribution in [1.29, 1.82) is 0 Å². The number of nitrogens with one attached hydrogen (secondary N) is 1. The van der Waals surface area contributed by atoms with Gasteiger partial charge in [-0.1, -0.05) is 24.3 Å². The van der Waals surface area contributed by atoms with Gasteiger partial charge in [-0.2, -0.15) is 8.78 Å². The van der Waals surface area contributed by atoms with Crippen LogP contribution in [0.4, 0.5) is 8.78 Å². The number of fused-ring (bicyclic) bond motifs is 1. The Balaban J connectivity index is 1.40. The van der Waals surface area contributed by atoms with E-state index in [4.69, 9.17) is 4.42 Å². The molecule has 0 atom stereocenters. The lowest BCUT2D eigenvalue weighted by Gasteiger charge is -2.06. The number of aromatic nitrogens is 1. The number of carbonyl (C=O) groups is 1. The number of alkyl halides is 2. The van der Waals surface area contributed by atoms with Crippen LogP contribution in [0.25, 0.3) is 21.0 Å². The van der Waals surface area contributed by atoms with E-state index in [-0.39, 0.29) is 24.0 Å². The number of thiazole rings is 1. The summed E-state index contributed by atoms with van der Waals surface area (Å²) >= 11 is 1.49. The highest BCUT2D eigenvalue weighted by molar-refractivity contribution is 7.21. The summed E-state index contributed by atoms with van der Waals surface area (Å²) in [5, 5.41) is 3.43. The van der Waals surface area contributed by atoms with E-state index in [1.54, 1.807) is 24.3 Å². The second-order valence-corrected chi connectivity index (χ2v) is 6.89. The monoisotopic (exact) mass is 400 g/mol. The summed E-state index contributed by atoms with van der Waals surface area (Å²) in [7, 11) is 0. The lowest BCUT2D eigenvalue weighted by Crippen LogP contribution is -2.22. The van der Waals surface area contributed by atoms with Crippen LogP contribution < -0.4 is 10.1 Å². The number of rotatable bonds is 6. The Labute approximate surface area is 162 Å². The number of hydrogen-bond donors (Lipinski definition) is 1. The number of amides is 1. The van der Waals surface area contributed by atoms with Gasteiger partial charge in [-0.15, -0.1) is 11.3 Å². The van der Waals surface area contributed by atoms with Gasteiger partial charge in [0.2, 0.25) is 0 Å². The van der Waals surface area contributed by atoms with Crippen molar-refractivity contribution in [2.75, 3.05) is 0 Å². The molecule has 0 unspecified atom stereocenters. The highest BCUT2D eigenvalue weighted by atomic mass is 32.1. The highest BCUT2D eigenvalue weighted by Crippen LogP contribution is 2.31. The molecule has 1 amide bonds. The minimum atomic E-state index is -2.87. The van der Waals surface area contributed by atoms with Gasteiger partial charge in [-0.25, -0.2) is 4.98 Å². The third kappa shape index (κ3) is 4.01. The fourth-order valence-electron chi connectivity index (χ4n) is 2.61. The van der Waals surface area contributed by atoms with Crippen molar-refractivity contribution in [3.63, 3.8) is 0 Å². The zero-order valence-corrected chi connectivity index (χ0v) is 15.2. The van der Waals surface area contributed by atoms with Crippen molar-refractivity contribution in [2.24, 2.45) is 0 Å². The number of halogens is 2. The number of hydrogen-bond acceptors (Lipinski definition) is 5. The quantitative estimate of drug-likeness (QED) is 0.490. The first-order chi connectivity index (χ1) is 13.6. The zero-order chi connectivity index (χ0) is 19.5. The first-order valence-corrected chi connectivity index (χ1v) is 9.18. The molecule has 5 nitrogen and oxygen atoms in total. The zero-order valence-electron chi connectivity index (χ0n) is 14.4. The summed E-state index contributed by atoms with van der Waals surface area (Å²) in [5.41, 5.74) is 1.62. The first kappa shape index (κ1) is 18.1. The third-order valence-electron chi connectivity index (χ3n) is 3.94. The molecule has 0 radical (unpaired) electrons. The highest BCUT2D eigenvalue weighted by Gasteiger charge is 2.15. The second kappa shape index (κ2) is 7.77. The Morgan fingerprint density at radius 2 is 1.89 bits per heavy atom. The average molecular weight is 400 g/mol. The second-order valence-electron chi connectivity index (χ2n) is 5.86. The third-order valence-corrected chi connectivity index (χ3v) is 4.99. The molecule has 0 saturated heterocycles. The van der Waals surface area contributed by atoms with Crippen molar-refractivity contribution in [1.82, 2.24) is 10.3 Å². The number of para-hydroxylation sites is 1. The van der Waals surface area contributed by atoms with E-state index in [0.717, 1.165) is 15.8 Å². The van der Waals surface area contributed by atoms with E-state index in [9.17, 15) is 13.6 Å². The van der Waals surface area contributed by atoms with Crippen LogP contribution in [0.15, 0.2) is 65.1 Å². The maximum Gasteiger partial charge on any atom is 0.387 e. The maximum absolute atomic E-state index is 12.3. The van der Waals surface area contributed by atoms with E-state index in [1.807, 2.05) is 24.3 Å². The number of furan rings is 1. The molecule has 28 heavy (non-hydrogen) atoms. The van der Waals surface area contributed by atoms with Crippen LogP contribution >= 0.6 is 11.3 Å². The molecular formula is C20H14F2N2O3S. The number of ether oxygens (including phenoxy) is 1. The van der Waals surface area contributed by atoms with Crippen molar-refractivity contribution in [3.05, 3.63) is 72.0 Å². The van der Waals surface area contributed by atoms with Crippen LogP contribution in [0.1, 0.15) is 16.1 Å². The molecule has 0 aliphatic rings. The summed E-state index contributed by atoms with van der Waals surface area (Å²) in [6.45, 7) is -2.64. The molecule has 1 N–H and O–H groups in total. The Morgan fingerprint density at radius 1 is 1.11 bits per heavy atom. The van der Waals surface area contributed by atoms with E-state index in [2.05, 4.69) is 15.0 Å². The average Bonchev–Trinajstić information content (AvgIpc) is 3.33. The summed E-state index contributed by atoms with van der Waals surface area (Å²) < 4.78 is 35.3. The van der Waals surface area contributed by atoms with Gasteiger partial charge in [-0.3, -0.25) is 4.79 Å². The first-order valence-electron chi connectivity index (χ1n) is 8.36. The molecule has 0 fully saturated rings. The molecule has 0 aliphatic carbocycles. The van der Waals surface area contributed by atoms with Gasteiger partial charge in [0.15, 0.2) is 16.5 Å². The smallest absolute Gasteiger partial charge is 0.387 e. The molecule has 4 rings (SSSR count). The van der Waals surface area contributed by atoms with Crippen LogP contribution in [0.5, 0.6) is 5.75 Å². The topological polar surface area (TPSA) is 64.4 Å². The van der Waals surface area contributed by atoms with E-state index >= 15 is 0 Å². The van der Waals surface area contributed by atoms with Crippen molar-refractivity contribution in [3.8, 4) is 16.5 Å². The summed E-state index contributed by atoms with van der Waals surface area (Å²) in [6.07, 6.45) is 0. The Bertz CT molecular complexity index is 1070. The molecular weight excluding hydrogens is 386 g/mol. The minimum Gasteiger partial charge on any atom is -0.448 e. The Hall–Kier alpha value is -3.26. The number of carbonyl (C=O) groups excluding carboxylic acids is 1. The predicted octanol–water partition coefficient (Wildman–Crippen LogP) is 5.09. The van der Waals surface area contributed by atoms with E-state index < -0.39 is 6.61 Å². The van der Waals surface area contributed by atoms with Crippen LogP contribution in [-0.2, 0) is 6.54 Å². The molecule has 4 aromatic rings. The Morgan fingerprint density at radius 3 is 2.64 bits per heavy atom. The molecule has 8 heteroatoms. The molecule has 0 saturated carbocycles. The van der Waals surface area contributed by atoms with Gasteiger partial charge >= 0.3 is 6.61 Å². The maximum atomic E-state index is 12.3. The SMILES string of the molecule is O=C(NCc1ccc(OC(F)F)cc1)c1ccc(-c2nc3ccccc3s2)o1. The van der Waals surface area contributed by atoms with Gasteiger partial charge in [-0.05, 0) is 42.0 Å². The van der Waals surface area contributed by atoms with Gasteiger partial charge in [0, 0.05) is 6.54 Å². The van der Waals surface area contributed by atoms with Crippen LogP contribution in [-0.4, -0.2) is 17.5 Å². The molecule has 2 aromatic heterocycles. The summed E-state index contributed by atoms with van der Waals surface area (Å²) in [4.78, 5) is 16.8. The van der Waals surface area contributed by atoms with Crippen molar-refractivity contribution >= 4 is 27.5 Å². The van der Waals surface area contributed by atoms with Crippen LogP contribution in [0, 0.1) is 0 Å². The standard InChI is InChI=1S/C20H14F2N2O3S/c21-20(22)26-13-7-5-12(6-8-13)11-23-18(25)15-9-10-16(27-15)19-24-14-3-1-2-4-17(14)28-19/h1-10,20H,11H2,(H,23,25). The molecule has 142 valence electrons. The number of nitrogens with zero attached hydrogens (tertiary/aromatic N) is 1. The molecule has 2 aromatic carbocycles. The van der Waals surface area contributed by atoms with Crippen LogP contribution in [0.2, 0.25) is 0 Å². The lowest BCUT2D eigenvalue weighted by molar-refractivity contribution is -0.0498. The molecule has 0 bridgehead atoms. The van der Waals surface area contributed by atoms with Crippen molar-refractivity contribution < 1.29 is 22.7 Å². The largest absolute Gasteiger partial charge is 0.448 e. The van der Waals surface area contributed by atoms with E-state index in [1.165, 1.54) is 23.5 Å². The van der Waals surface area contributed by atoms with Crippen molar-refractivity contribution in [2.45, 2.75) is 13.2 Å². The molecule has 2 heterocycles. The summed E-state index contributed by atoms with van der Waals surface area (Å²) in [5.74, 6) is 0.392. The number of benzene rings is 2. The van der Waals surface area contributed by atoms with E-state index in [0.29, 0.717) is 10.8 Å². The van der Waals surface area contributed by atoms with Gasteiger partial charge in [0.25, 0.3) is 5.91 Å². The predicted molar refractivity (Wildman–Crippen MR) is 102 cm³/mol. The fourth-order valence-corrected chi connectivity index (χ4v) is 3.54. The van der Waals surface area contributed by atoms with Gasteiger partial charge in [0.05, 0.1) is 10.2 Å². The van der Waals surface area contributed by atoms with Gasteiger partial charge < -0.3 is 14.5 Å².